The third-order valence-electron chi connectivity index (χ3n) is 12.7. The highest BCUT2D eigenvalue weighted by Crippen LogP contribution is 2.53. The van der Waals surface area contributed by atoms with Crippen LogP contribution in [0.1, 0.15) is 44.4 Å². The van der Waals surface area contributed by atoms with Gasteiger partial charge in [0.05, 0.1) is 51.2 Å². The average molecular weight is 810 g/mol. The van der Waals surface area contributed by atoms with Crippen LogP contribution < -0.4 is 59.7 Å². The highest BCUT2D eigenvalue weighted by molar-refractivity contribution is 7.16. The fourth-order valence-electron chi connectivity index (χ4n) is 10.3. The molecule has 0 atom stereocenters. The van der Waals surface area contributed by atoms with E-state index in [0.29, 0.717) is 0 Å². The van der Waals surface area contributed by atoms with Crippen LogP contribution in [-0.2, 0) is 0 Å². The standard InChI is InChI=1S/C48H79N9Si/c1-29-26-36(49(8)9)39(52(14)15)42(55(20)21)45(29)58(48-34(6)32(4)33(5)35(48)7,46-30(2)27-37(50(10)11)40(53(16)17)43(46)56(22)23)47-31(3)28-38(51(12)13)41(54(18)19)44(47)57(24)25/h26-28,48H,1-25H3. The molecule has 0 heterocycles. The molecule has 9 nitrogen and oxygen atoms in total. The smallest absolute Gasteiger partial charge is 0.168 e. The highest BCUT2D eigenvalue weighted by Gasteiger charge is 2.57. The van der Waals surface area contributed by atoms with Crippen molar-refractivity contribution in [2.45, 2.75) is 54.0 Å². The summed E-state index contributed by atoms with van der Waals surface area (Å²) >= 11 is 0. The van der Waals surface area contributed by atoms with E-state index in [-0.39, 0.29) is 5.54 Å². The molecule has 0 aliphatic heterocycles. The highest BCUT2D eigenvalue weighted by atomic mass is 28.3. The zero-order valence-corrected chi connectivity index (χ0v) is 42.3. The van der Waals surface area contributed by atoms with Gasteiger partial charge in [0.25, 0.3) is 0 Å². The van der Waals surface area contributed by atoms with Gasteiger partial charge >= 0.3 is 0 Å². The van der Waals surface area contributed by atoms with Crippen LogP contribution in [0.25, 0.3) is 0 Å². The van der Waals surface area contributed by atoms with Crippen molar-refractivity contribution in [3.63, 3.8) is 0 Å². The summed E-state index contributed by atoms with van der Waals surface area (Å²) in [5.74, 6) is 0. The minimum absolute atomic E-state index is 0.125. The minimum atomic E-state index is -3.44. The molecule has 3 aromatic rings. The van der Waals surface area contributed by atoms with Crippen molar-refractivity contribution in [2.24, 2.45) is 0 Å². The number of rotatable bonds is 13. The van der Waals surface area contributed by atoms with Gasteiger partial charge in [-0.15, -0.1) is 0 Å². The van der Waals surface area contributed by atoms with Crippen molar-refractivity contribution in [2.75, 3.05) is 171 Å². The summed E-state index contributed by atoms with van der Waals surface area (Å²) in [4.78, 5) is 21.2. The first-order valence-electron chi connectivity index (χ1n) is 20.7. The van der Waals surface area contributed by atoms with E-state index in [9.17, 15) is 0 Å². The monoisotopic (exact) mass is 810 g/mol. The van der Waals surface area contributed by atoms with Crippen molar-refractivity contribution < 1.29 is 0 Å². The molecule has 0 saturated heterocycles. The number of aryl methyl sites for hydroxylation is 3. The van der Waals surface area contributed by atoms with Gasteiger partial charge in [0, 0.05) is 132 Å². The first-order chi connectivity index (χ1) is 26.7. The van der Waals surface area contributed by atoms with Gasteiger partial charge < -0.3 is 44.1 Å². The van der Waals surface area contributed by atoms with E-state index in [1.807, 2.05) is 0 Å². The number of anilines is 9. The molecule has 3 aromatic carbocycles. The van der Waals surface area contributed by atoms with Gasteiger partial charge in [0.1, 0.15) is 0 Å². The third kappa shape index (κ3) is 7.17. The van der Waals surface area contributed by atoms with E-state index in [1.54, 1.807) is 0 Å². The Labute approximate surface area is 355 Å². The quantitative estimate of drug-likeness (QED) is 0.138. The lowest BCUT2D eigenvalue weighted by atomic mass is 10.1. The molecule has 0 fully saturated rings. The van der Waals surface area contributed by atoms with Gasteiger partial charge in [-0.25, -0.2) is 0 Å². The largest absolute Gasteiger partial charge is 0.376 e. The van der Waals surface area contributed by atoms with Crippen LogP contribution in [0.2, 0.25) is 5.54 Å². The maximum absolute atomic E-state index is 3.44. The Hall–Kier alpha value is -4.44. The number of hydrogen-bond donors (Lipinski definition) is 0. The molecule has 0 amide bonds. The third-order valence-corrected chi connectivity index (χ3v) is 18.7. The van der Waals surface area contributed by atoms with Crippen LogP contribution in [-0.4, -0.2) is 135 Å². The van der Waals surface area contributed by atoms with E-state index in [0.717, 1.165) is 0 Å². The second-order valence-electron chi connectivity index (χ2n) is 18.8. The first-order valence-corrected chi connectivity index (χ1v) is 22.7. The summed E-state index contributed by atoms with van der Waals surface area (Å²) in [5.41, 5.74) is 21.2. The maximum atomic E-state index is 2.49. The predicted molar refractivity (Wildman–Crippen MR) is 268 cm³/mol. The molecule has 10 heteroatoms. The Morgan fingerprint density at radius 2 is 0.517 bits per heavy atom. The normalized spacial score (nSPS) is 13.4. The van der Waals surface area contributed by atoms with Crippen LogP contribution in [0.15, 0.2) is 40.5 Å². The molecule has 0 aromatic heterocycles. The first kappa shape index (κ1) is 46.2. The van der Waals surface area contributed by atoms with Crippen molar-refractivity contribution in [1.29, 1.82) is 0 Å². The van der Waals surface area contributed by atoms with Gasteiger partial charge in [-0.2, -0.15) is 0 Å². The lowest BCUT2D eigenvalue weighted by Gasteiger charge is -2.49. The van der Waals surface area contributed by atoms with Crippen LogP contribution in [0.4, 0.5) is 51.2 Å². The van der Waals surface area contributed by atoms with Crippen LogP contribution in [0.5, 0.6) is 0 Å². The van der Waals surface area contributed by atoms with E-state index in [2.05, 4.69) is 238 Å². The minimum Gasteiger partial charge on any atom is -0.376 e. The molecule has 0 spiro atoms. The Bertz CT molecular complexity index is 1900. The Balaban J connectivity index is 2.79. The molecule has 0 saturated carbocycles. The molecule has 0 N–H and O–H groups in total. The van der Waals surface area contributed by atoms with Crippen molar-refractivity contribution in [3.05, 3.63) is 57.2 Å². The van der Waals surface area contributed by atoms with Crippen molar-refractivity contribution in [3.8, 4) is 0 Å². The maximum Gasteiger partial charge on any atom is 0.168 e. The van der Waals surface area contributed by atoms with E-state index < -0.39 is 8.07 Å². The van der Waals surface area contributed by atoms with Gasteiger partial charge in [-0.05, 0) is 110 Å². The Kier molecular flexibility index (Phi) is 13.3. The van der Waals surface area contributed by atoms with Crippen LogP contribution >= 0.6 is 0 Å². The summed E-state index contributed by atoms with van der Waals surface area (Å²) in [6.07, 6.45) is 0. The second-order valence-corrected chi connectivity index (χ2v) is 22.5. The van der Waals surface area contributed by atoms with Crippen LogP contribution in [0.3, 0.4) is 0 Å². The molecule has 1 aliphatic rings. The summed E-state index contributed by atoms with van der Waals surface area (Å²) in [7, 11) is 36.6. The zero-order valence-electron chi connectivity index (χ0n) is 41.3. The van der Waals surface area contributed by atoms with Crippen molar-refractivity contribution in [1.82, 2.24) is 0 Å². The molecule has 0 unspecified atom stereocenters. The van der Waals surface area contributed by atoms with Gasteiger partial charge in [-0.1, -0.05) is 11.1 Å². The molecule has 0 bridgehead atoms. The molecule has 1 aliphatic carbocycles. The fourth-order valence-corrected chi connectivity index (χ4v) is 17.8. The number of nitrogens with zero attached hydrogens (tertiary/aromatic N) is 9. The summed E-state index contributed by atoms with van der Waals surface area (Å²) in [6, 6.07) is 7.47. The summed E-state index contributed by atoms with van der Waals surface area (Å²) in [6.45, 7) is 16.8. The average Bonchev–Trinajstić information content (AvgIpc) is 3.29. The SMILES string of the molecule is CC1=C(C)C([Si](c2c(C)cc(N(C)C)c(N(C)C)c2N(C)C)(c2c(C)cc(N(C)C)c(N(C)C)c2N(C)C)c2c(C)cc(N(C)C)c(N(C)C)c2N(C)C)C(C)=C1C. The number of allylic oxidation sites excluding steroid dienone is 4. The second kappa shape index (κ2) is 16.7. The molecule has 320 valence electrons. The molecule has 4 rings (SSSR count). The number of hydrogen-bond acceptors (Lipinski definition) is 9. The Morgan fingerprint density at radius 1 is 0.310 bits per heavy atom. The van der Waals surface area contributed by atoms with Crippen LogP contribution in [0, 0.1) is 20.8 Å². The fraction of sp³-hybridized carbons (Fsp3) is 0.542. The molecular formula is C48H79N9Si. The molecular weight excluding hydrogens is 731 g/mol. The van der Waals surface area contributed by atoms with E-state index >= 15 is 0 Å². The molecule has 58 heavy (non-hydrogen) atoms. The predicted octanol–water partition coefficient (Wildman–Crippen LogP) is 6.73. The molecule has 0 radical (unpaired) electrons. The summed E-state index contributed by atoms with van der Waals surface area (Å²) in [5, 5.41) is 4.42. The van der Waals surface area contributed by atoms with Gasteiger partial charge in [0.2, 0.25) is 0 Å². The van der Waals surface area contributed by atoms with E-state index in [1.165, 1.54) is 106 Å². The Morgan fingerprint density at radius 3 is 0.690 bits per heavy atom. The van der Waals surface area contributed by atoms with E-state index in [4.69, 9.17) is 0 Å². The lowest BCUT2D eigenvalue weighted by Crippen LogP contribution is -2.74. The lowest BCUT2D eigenvalue weighted by molar-refractivity contribution is 1.03. The topological polar surface area (TPSA) is 29.2 Å². The number of benzene rings is 3. The summed E-state index contributed by atoms with van der Waals surface area (Å²) < 4.78 is 0. The zero-order chi connectivity index (χ0) is 44.4. The van der Waals surface area contributed by atoms with Crippen molar-refractivity contribution >= 4 is 74.8 Å². The van der Waals surface area contributed by atoms with Gasteiger partial charge in [-0.3, -0.25) is 0 Å². The van der Waals surface area contributed by atoms with Gasteiger partial charge in [0.15, 0.2) is 8.07 Å².